The van der Waals surface area contributed by atoms with Crippen LogP contribution in [-0.2, 0) is 0 Å². The number of hydrogen-bond donors (Lipinski definition) is 0. The summed E-state index contributed by atoms with van der Waals surface area (Å²) < 4.78 is 0. The van der Waals surface area contributed by atoms with Gasteiger partial charge in [-0.3, -0.25) is 0 Å². The Morgan fingerprint density at radius 2 is 1.09 bits per heavy atom. The molecule has 0 radical (unpaired) electrons. The van der Waals surface area contributed by atoms with E-state index in [-0.39, 0.29) is 0 Å². The van der Waals surface area contributed by atoms with Crippen molar-refractivity contribution < 1.29 is 0 Å². The molecule has 3 aliphatic rings. The van der Waals surface area contributed by atoms with Crippen molar-refractivity contribution in [2.75, 3.05) is 0 Å². The lowest BCUT2D eigenvalue weighted by Gasteiger charge is -2.54. The Kier molecular flexibility index (Phi) is 9.10. The Morgan fingerprint density at radius 1 is 0.636 bits per heavy atom. The normalized spacial score (nSPS) is 43.5. The Balaban J connectivity index is 0.000000435. The average molecular weight is 309 g/mol. The van der Waals surface area contributed by atoms with Crippen LogP contribution in [0.25, 0.3) is 0 Å². The maximum absolute atomic E-state index is 2.52. The largest absolute Gasteiger partial charge is 0.0683 e. The molecule has 3 aliphatic carbocycles. The van der Waals surface area contributed by atoms with E-state index in [2.05, 4.69) is 34.6 Å². The zero-order valence-electron chi connectivity index (χ0n) is 16.7. The van der Waals surface area contributed by atoms with Crippen LogP contribution < -0.4 is 0 Å². The first-order valence-electron chi connectivity index (χ1n) is 10.6. The van der Waals surface area contributed by atoms with Crippen LogP contribution in [0.15, 0.2) is 0 Å². The molecule has 0 heterocycles. The molecule has 5 unspecified atom stereocenters. The van der Waals surface area contributed by atoms with Crippen molar-refractivity contribution in [3.8, 4) is 0 Å². The van der Waals surface area contributed by atoms with Gasteiger partial charge in [0.15, 0.2) is 0 Å². The molecule has 3 rings (SSSR count). The molecule has 0 saturated heterocycles. The second-order valence-corrected chi connectivity index (χ2v) is 8.24. The van der Waals surface area contributed by atoms with Gasteiger partial charge in [-0.15, -0.1) is 0 Å². The molecule has 0 N–H and O–H groups in total. The quantitative estimate of drug-likeness (QED) is 0.468. The third-order valence-corrected chi connectivity index (χ3v) is 7.00. The summed E-state index contributed by atoms with van der Waals surface area (Å²) in [5.74, 6) is 7.43. The highest BCUT2D eigenvalue weighted by molar-refractivity contribution is 4.96. The molecule has 3 saturated carbocycles. The van der Waals surface area contributed by atoms with Gasteiger partial charge in [-0.05, 0) is 60.7 Å². The van der Waals surface area contributed by atoms with Gasteiger partial charge in [0.25, 0.3) is 0 Å². The molecule has 0 aromatic heterocycles. The van der Waals surface area contributed by atoms with Crippen molar-refractivity contribution >= 4 is 0 Å². The Labute approximate surface area is 141 Å². The molecule has 0 aliphatic heterocycles. The van der Waals surface area contributed by atoms with Gasteiger partial charge in [-0.1, -0.05) is 80.6 Å². The molecule has 0 spiro atoms. The van der Waals surface area contributed by atoms with Crippen molar-refractivity contribution in [2.45, 2.75) is 99.8 Å². The van der Waals surface area contributed by atoms with Gasteiger partial charge in [-0.2, -0.15) is 0 Å². The Bertz CT molecular complexity index is 272. The van der Waals surface area contributed by atoms with E-state index in [0.29, 0.717) is 0 Å². The van der Waals surface area contributed by atoms with Crippen molar-refractivity contribution in [2.24, 2.45) is 41.4 Å². The van der Waals surface area contributed by atoms with Gasteiger partial charge < -0.3 is 0 Å². The summed E-state index contributed by atoms with van der Waals surface area (Å²) in [7, 11) is 0. The molecule has 0 aromatic carbocycles. The zero-order valence-corrected chi connectivity index (χ0v) is 16.7. The van der Waals surface area contributed by atoms with Crippen LogP contribution >= 0.6 is 0 Å². The molecule has 0 heteroatoms. The molecule has 132 valence electrons. The Morgan fingerprint density at radius 3 is 1.64 bits per heavy atom. The van der Waals surface area contributed by atoms with E-state index in [9.17, 15) is 0 Å². The van der Waals surface area contributed by atoms with Crippen LogP contribution in [0.5, 0.6) is 0 Å². The van der Waals surface area contributed by atoms with Crippen LogP contribution in [0, 0.1) is 41.4 Å². The highest BCUT2D eigenvalue weighted by Gasteiger charge is 2.47. The minimum Gasteiger partial charge on any atom is -0.0683 e. The minimum absolute atomic E-state index is 0.990. The van der Waals surface area contributed by atoms with Gasteiger partial charge >= 0.3 is 0 Å². The second kappa shape index (κ2) is 9.99. The van der Waals surface area contributed by atoms with E-state index in [1.807, 2.05) is 13.8 Å². The first-order chi connectivity index (χ1) is 10.6. The molecule has 0 amide bonds. The lowest BCUT2D eigenvalue weighted by molar-refractivity contribution is -0.0564. The van der Waals surface area contributed by atoms with E-state index < -0.39 is 0 Å². The van der Waals surface area contributed by atoms with Gasteiger partial charge in [0.1, 0.15) is 0 Å². The molecule has 0 bridgehead atoms. The number of rotatable bonds is 1. The zero-order chi connectivity index (χ0) is 16.7. The molecule has 3 fully saturated rings. The number of hydrogen-bond acceptors (Lipinski definition) is 0. The van der Waals surface area contributed by atoms with Gasteiger partial charge in [-0.25, -0.2) is 0 Å². The van der Waals surface area contributed by atoms with E-state index in [0.717, 1.165) is 41.4 Å². The fourth-order valence-corrected chi connectivity index (χ4v) is 5.63. The topological polar surface area (TPSA) is 0 Å². The van der Waals surface area contributed by atoms with E-state index in [1.54, 1.807) is 32.1 Å². The van der Waals surface area contributed by atoms with Gasteiger partial charge in [0.05, 0.1) is 0 Å². The molecule has 0 aromatic rings. The van der Waals surface area contributed by atoms with Crippen LogP contribution in [-0.4, -0.2) is 0 Å². The fourth-order valence-electron chi connectivity index (χ4n) is 5.63. The van der Waals surface area contributed by atoms with Crippen LogP contribution in [0.1, 0.15) is 99.8 Å². The first kappa shape index (κ1) is 20.0. The highest BCUT2D eigenvalue weighted by atomic mass is 14.5. The molecular weight excluding hydrogens is 264 g/mol. The van der Waals surface area contributed by atoms with Crippen molar-refractivity contribution in [3.05, 3.63) is 0 Å². The molecular formula is C22H44. The van der Waals surface area contributed by atoms with Crippen LogP contribution in [0.4, 0.5) is 0 Å². The van der Waals surface area contributed by atoms with Crippen molar-refractivity contribution in [1.29, 1.82) is 0 Å². The smallest absolute Gasteiger partial charge is 0.0329 e. The van der Waals surface area contributed by atoms with Gasteiger partial charge in [0.2, 0.25) is 0 Å². The van der Waals surface area contributed by atoms with E-state index in [1.165, 1.54) is 19.3 Å². The van der Waals surface area contributed by atoms with Crippen molar-refractivity contribution in [3.63, 3.8) is 0 Å². The first-order valence-corrected chi connectivity index (χ1v) is 10.6. The summed E-state index contributed by atoms with van der Waals surface area (Å²) in [5, 5.41) is 0. The Hall–Kier alpha value is 0. The summed E-state index contributed by atoms with van der Waals surface area (Å²) >= 11 is 0. The van der Waals surface area contributed by atoms with Crippen LogP contribution in [0.3, 0.4) is 0 Å². The lowest BCUT2D eigenvalue weighted by Crippen LogP contribution is -2.48. The summed E-state index contributed by atoms with van der Waals surface area (Å²) in [4.78, 5) is 0. The van der Waals surface area contributed by atoms with E-state index >= 15 is 0 Å². The second-order valence-electron chi connectivity index (χ2n) is 8.24. The number of fused-ring (bicyclic) bond motifs is 1. The highest BCUT2D eigenvalue weighted by Crippen LogP contribution is 2.55. The van der Waals surface area contributed by atoms with E-state index in [4.69, 9.17) is 0 Å². The third-order valence-electron chi connectivity index (χ3n) is 7.00. The maximum Gasteiger partial charge on any atom is -0.0329 e. The monoisotopic (exact) mass is 308 g/mol. The average Bonchev–Trinajstić information content (AvgIpc) is 2.57. The maximum atomic E-state index is 2.52. The third kappa shape index (κ3) is 4.51. The van der Waals surface area contributed by atoms with Crippen LogP contribution in [0.2, 0.25) is 0 Å². The standard InChI is InChI=1S/C17H30.C3H8.C2H6/c1-11-12(2)17(13(11)3)16-9-8-14-6-4-5-7-15(14)10-16;1-3-2;1-2/h11-17H,4-10H2,1-3H3;3H2,1-2H3;1-2H3. The van der Waals surface area contributed by atoms with Gasteiger partial charge in [0, 0.05) is 0 Å². The van der Waals surface area contributed by atoms with Crippen molar-refractivity contribution in [1.82, 2.24) is 0 Å². The predicted molar refractivity (Wildman–Crippen MR) is 101 cm³/mol. The summed E-state index contributed by atoms with van der Waals surface area (Å²) in [6.45, 7) is 15.8. The minimum atomic E-state index is 0.990. The summed E-state index contributed by atoms with van der Waals surface area (Å²) in [5.41, 5.74) is 0. The molecule has 0 nitrogen and oxygen atoms in total. The molecule has 22 heavy (non-hydrogen) atoms. The predicted octanol–water partition coefficient (Wildman–Crippen LogP) is 7.57. The summed E-state index contributed by atoms with van der Waals surface area (Å²) in [6.07, 6.45) is 12.2. The SMILES string of the molecule is CC.CC1C(C)C(C2CCC3CCCCC3C2)C1C.CCC. The lowest BCUT2D eigenvalue weighted by atomic mass is 9.51. The fraction of sp³-hybridized carbons (Fsp3) is 1.00. The molecule has 5 atom stereocenters. The summed E-state index contributed by atoms with van der Waals surface area (Å²) in [6, 6.07) is 0.